The summed E-state index contributed by atoms with van der Waals surface area (Å²) >= 11 is 0. The molecule has 2 rings (SSSR count). The first-order valence-corrected chi connectivity index (χ1v) is 6.27. The third-order valence-corrected chi connectivity index (χ3v) is 3.07. The zero-order valence-electron chi connectivity index (χ0n) is 10.2. The first kappa shape index (κ1) is 11.9. The first-order valence-electron chi connectivity index (χ1n) is 6.27. The minimum atomic E-state index is -0.215. The number of cyclic esters (lactones) is 1. The van der Waals surface area contributed by atoms with Crippen LogP contribution in [0.15, 0.2) is 30.3 Å². The molecule has 1 aromatic rings. The Hall–Kier alpha value is -1.57. The van der Waals surface area contributed by atoms with E-state index in [2.05, 4.69) is 13.0 Å². The highest BCUT2D eigenvalue weighted by molar-refractivity contribution is 5.92. The van der Waals surface area contributed by atoms with Crippen LogP contribution in [0.25, 0.3) is 5.57 Å². The van der Waals surface area contributed by atoms with Crippen LogP contribution in [0, 0.1) is 0 Å². The molecule has 1 aliphatic heterocycles. The molecule has 0 unspecified atom stereocenters. The quantitative estimate of drug-likeness (QED) is 0.582. The second kappa shape index (κ2) is 5.67. The van der Waals surface area contributed by atoms with Gasteiger partial charge in [0.25, 0.3) is 0 Å². The van der Waals surface area contributed by atoms with Crippen LogP contribution in [0.3, 0.4) is 0 Å². The Bertz CT molecular complexity index is 432. The molecule has 17 heavy (non-hydrogen) atoms. The molecule has 0 fully saturated rings. The number of hydrogen-bond acceptors (Lipinski definition) is 2. The minimum Gasteiger partial charge on any atom is -0.458 e. The van der Waals surface area contributed by atoms with Crippen molar-refractivity contribution in [2.45, 2.75) is 39.2 Å². The lowest BCUT2D eigenvalue weighted by Gasteiger charge is -2.08. The van der Waals surface area contributed by atoms with Crippen LogP contribution in [-0.2, 0) is 16.1 Å². The largest absolute Gasteiger partial charge is 0.458 e. The summed E-state index contributed by atoms with van der Waals surface area (Å²) in [7, 11) is 0. The molecule has 90 valence electrons. The number of rotatable bonds is 4. The van der Waals surface area contributed by atoms with E-state index in [0.29, 0.717) is 6.61 Å². The molecule has 0 spiro atoms. The number of unbranched alkanes of at least 4 members (excludes halogenated alkanes) is 2. The second-order valence-corrected chi connectivity index (χ2v) is 4.39. The molecule has 2 heteroatoms. The van der Waals surface area contributed by atoms with Crippen molar-refractivity contribution in [1.82, 2.24) is 0 Å². The van der Waals surface area contributed by atoms with Gasteiger partial charge in [-0.05, 0) is 29.5 Å². The third-order valence-electron chi connectivity index (χ3n) is 3.07. The molecule has 0 aliphatic carbocycles. The molecule has 0 bridgehead atoms. The van der Waals surface area contributed by atoms with E-state index in [1.54, 1.807) is 6.08 Å². The molecule has 2 nitrogen and oxygen atoms in total. The fourth-order valence-corrected chi connectivity index (χ4v) is 2.14. The van der Waals surface area contributed by atoms with Gasteiger partial charge in [-0.1, -0.05) is 44.0 Å². The lowest BCUT2D eigenvalue weighted by Crippen LogP contribution is -1.98. The predicted octanol–water partition coefficient (Wildman–Crippen LogP) is 3.71. The number of allylic oxidation sites excluding steroid dienone is 1. The van der Waals surface area contributed by atoms with E-state index in [1.165, 1.54) is 18.4 Å². The highest BCUT2D eigenvalue weighted by atomic mass is 16.5. The number of carbonyl (C=O) groups excluding carboxylic acids is 1. The summed E-state index contributed by atoms with van der Waals surface area (Å²) in [6.07, 6.45) is 6.14. The zero-order chi connectivity index (χ0) is 12.1. The predicted molar refractivity (Wildman–Crippen MR) is 68.4 cm³/mol. The highest BCUT2D eigenvalue weighted by Crippen LogP contribution is 2.27. The molecule has 1 heterocycles. The lowest BCUT2D eigenvalue weighted by molar-refractivity contribution is -0.138. The molecule has 0 radical (unpaired) electrons. The van der Waals surface area contributed by atoms with Crippen molar-refractivity contribution in [2.75, 3.05) is 0 Å². The van der Waals surface area contributed by atoms with Gasteiger partial charge in [-0.25, -0.2) is 4.79 Å². The Balaban J connectivity index is 2.23. The smallest absolute Gasteiger partial charge is 0.331 e. The minimum absolute atomic E-state index is 0.215. The Morgan fingerprint density at radius 2 is 2.06 bits per heavy atom. The zero-order valence-corrected chi connectivity index (χ0v) is 10.2. The van der Waals surface area contributed by atoms with E-state index in [1.807, 2.05) is 18.2 Å². The van der Waals surface area contributed by atoms with Gasteiger partial charge < -0.3 is 4.74 Å². The molecule has 0 saturated heterocycles. The number of carbonyl (C=O) groups is 1. The summed E-state index contributed by atoms with van der Waals surface area (Å²) < 4.78 is 5.15. The molecule has 0 saturated carbocycles. The molecular formula is C15H18O2. The van der Waals surface area contributed by atoms with Crippen molar-refractivity contribution < 1.29 is 9.53 Å². The van der Waals surface area contributed by atoms with Crippen molar-refractivity contribution in [2.24, 2.45) is 0 Å². The number of benzene rings is 1. The van der Waals surface area contributed by atoms with Crippen molar-refractivity contribution in [3.63, 3.8) is 0 Å². The molecular weight excluding hydrogens is 212 g/mol. The van der Waals surface area contributed by atoms with Gasteiger partial charge in [-0.3, -0.25) is 0 Å². The normalized spacial score (nSPS) is 14.6. The summed E-state index contributed by atoms with van der Waals surface area (Å²) in [4.78, 5) is 11.5. The van der Waals surface area contributed by atoms with Gasteiger partial charge in [0.15, 0.2) is 0 Å². The van der Waals surface area contributed by atoms with E-state index in [9.17, 15) is 4.79 Å². The molecule has 1 aromatic carbocycles. The summed E-state index contributed by atoms with van der Waals surface area (Å²) in [6, 6.07) is 8.11. The van der Waals surface area contributed by atoms with Crippen LogP contribution in [0.2, 0.25) is 0 Å². The molecule has 0 aromatic heterocycles. The van der Waals surface area contributed by atoms with Crippen LogP contribution in [0.4, 0.5) is 0 Å². The lowest BCUT2D eigenvalue weighted by atomic mass is 9.96. The van der Waals surface area contributed by atoms with Gasteiger partial charge in [0.05, 0.1) is 0 Å². The number of esters is 1. The third kappa shape index (κ3) is 2.96. The van der Waals surface area contributed by atoms with Crippen LogP contribution in [-0.4, -0.2) is 5.97 Å². The maximum Gasteiger partial charge on any atom is 0.331 e. The van der Waals surface area contributed by atoms with Crippen molar-refractivity contribution in [1.29, 1.82) is 0 Å². The van der Waals surface area contributed by atoms with Crippen LogP contribution >= 0.6 is 0 Å². The summed E-state index contributed by atoms with van der Waals surface area (Å²) in [5, 5.41) is 0. The monoisotopic (exact) mass is 230 g/mol. The van der Waals surface area contributed by atoms with Gasteiger partial charge in [0.1, 0.15) is 6.61 Å². The van der Waals surface area contributed by atoms with Crippen LogP contribution in [0.5, 0.6) is 0 Å². The van der Waals surface area contributed by atoms with Crippen LogP contribution < -0.4 is 0 Å². The fourth-order valence-electron chi connectivity index (χ4n) is 2.14. The SMILES string of the molecule is CCCCCC1=CC(=O)OCc2ccccc21. The maximum absolute atomic E-state index is 11.5. The number of hydrogen-bond donors (Lipinski definition) is 0. The van der Waals surface area contributed by atoms with E-state index >= 15 is 0 Å². The fraction of sp³-hybridized carbons (Fsp3) is 0.400. The Kier molecular flexibility index (Phi) is 3.97. The highest BCUT2D eigenvalue weighted by Gasteiger charge is 2.14. The average molecular weight is 230 g/mol. The number of fused-ring (bicyclic) bond motifs is 1. The topological polar surface area (TPSA) is 26.3 Å². The Morgan fingerprint density at radius 3 is 2.88 bits per heavy atom. The van der Waals surface area contributed by atoms with Gasteiger partial charge in [0.2, 0.25) is 0 Å². The van der Waals surface area contributed by atoms with E-state index < -0.39 is 0 Å². The second-order valence-electron chi connectivity index (χ2n) is 4.39. The summed E-state index contributed by atoms with van der Waals surface area (Å²) in [6.45, 7) is 2.58. The van der Waals surface area contributed by atoms with Crippen LogP contribution in [0.1, 0.15) is 43.7 Å². The first-order chi connectivity index (χ1) is 8.31. The van der Waals surface area contributed by atoms with Gasteiger partial charge in [-0.15, -0.1) is 0 Å². The van der Waals surface area contributed by atoms with Crippen molar-refractivity contribution >= 4 is 11.5 Å². The number of ether oxygens (including phenoxy) is 1. The van der Waals surface area contributed by atoms with E-state index in [0.717, 1.165) is 24.0 Å². The van der Waals surface area contributed by atoms with Gasteiger partial charge in [0, 0.05) is 6.08 Å². The molecule has 0 N–H and O–H groups in total. The Labute approximate surface area is 102 Å². The summed E-state index contributed by atoms with van der Waals surface area (Å²) in [5.41, 5.74) is 3.41. The molecule has 0 atom stereocenters. The van der Waals surface area contributed by atoms with Crippen molar-refractivity contribution in [3.05, 3.63) is 41.5 Å². The van der Waals surface area contributed by atoms with Gasteiger partial charge >= 0.3 is 5.97 Å². The summed E-state index contributed by atoms with van der Waals surface area (Å²) in [5.74, 6) is -0.215. The van der Waals surface area contributed by atoms with E-state index in [-0.39, 0.29) is 5.97 Å². The molecule has 1 aliphatic rings. The standard InChI is InChI=1S/C15H18O2/c1-2-3-4-7-12-10-15(16)17-11-13-8-5-6-9-14(12)13/h5-6,8-10H,2-4,7,11H2,1H3. The van der Waals surface area contributed by atoms with E-state index in [4.69, 9.17) is 4.74 Å². The van der Waals surface area contributed by atoms with Gasteiger partial charge in [-0.2, -0.15) is 0 Å². The maximum atomic E-state index is 11.5. The average Bonchev–Trinajstić information content (AvgIpc) is 2.50. The Morgan fingerprint density at radius 1 is 1.24 bits per heavy atom. The molecule has 0 amide bonds. The van der Waals surface area contributed by atoms with Crippen molar-refractivity contribution in [3.8, 4) is 0 Å².